The minimum Gasteiger partial charge on any atom is -0.341 e. The maximum atomic E-state index is 13.9. The number of halogens is 2. The Bertz CT molecular complexity index is 666. The molecule has 1 aliphatic heterocycles. The Hall–Kier alpha value is -1.70. The first-order chi connectivity index (χ1) is 10.7. The number of amides is 1. The second kappa shape index (κ2) is 6.82. The van der Waals surface area contributed by atoms with E-state index >= 15 is 0 Å². The molecule has 128 valence electrons. The molecule has 0 aromatic heterocycles. The molecule has 23 heavy (non-hydrogen) atoms. The summed E-state index contributed by atoms with van der Waals surface area (Å²) in [7, 11) is -4.00. The molecule has 0 spiro atoms. The van der Waals surface area contributed by atoms with Crippen molar-refractivity contribution in [1.82, 2.24) is 4.90 Å². The largest absolute Gasteiger partial charge is 0.341 e. The molecule has 2 rings (SSSR count). The zero-order valence-corrected chi connectivity index (χ0v) is 13.9. The molecule has 0 unspecified atom stereocenters. The number of para-hydroxylation sites is 1. The summed E-state index contributed by atoms with van der Waals surface area (Å²) in [5.41, 5.74) is -0.714. The average Bonchev–Trinajstić information content (AvgIpc) is 2.45. The average molecular weight is 346 g/mol. The van der Waals surface area contributed by atoms with Gasteiger partial charge in [0.2, 0.25) is 15.9 Å². The summed E-state index contributed by atoms with van der Waals surface area (Å²) in [4.78, 5) is 13.9. The molecule has 0 N–H and O–H groups in total. The highest BCUT2D eigenvalue weighted by Gasteiger charge is 2.29. The van der Waals surface area contributed by atoms with Crippen LogP contribution in [-0.4, -0.2) is 45.1 Å². The molecule has 8 heteroatoms. The van der Waals surface area contributed by atoms with Crippen molar-refractivity contribution in [2.45, 2.75) is 19.8 Å². The number of carbonyl (C=O) groups is 1. The van der Waals surface area contributed by atoms with Crippen LogP contribution in [-0.2, 0) is 14.8 Å². The van der Waals surface area contributed by atoms with Crippen molar-refractivity contribution in [3.63, 3.8) is 0 Å². The van der Waals surface area contributed by atoms with E-state index in [0.29, 0.717) is 23.3 Å². The molecule has 0 bridgehead atoms. The van der Waals surface area contributed by atoms with Crippen molar-refractivity contribution in [2.24, 2.45) is 5.92 Å². The summed E-state index contributed by atoms with van der Waals surface area (Å²) < 4.78 is 52.2. The lowest BCUT2D eigenvalue weighted by molar-refractivity contribution is -0.130. The maximum Gasteiger partial charge on any atom is 0.243 e. The lowest BCUT2D eigenvalue weighted by Gasteiger charge is -2.32. The maximum absolute atomic E-state index is 13.9. The van der Waals surface area contributed by atoms with Crippen LogP contribution in [0.3, 0.4) is 0 Å². The van der Waals surface area contributed by atoms with Crippen molar-refractivity contribution in [3.05, 3.63) is 29.8 Å². The van der Waals surface area contributed by atoms with Gasteiger partial charge < -0.3 is 4.90 Å². The molecule has 1 aromatic carbocycles. The summed E-state index contributed by atoms with van der Waals surface area (Å²) in [6, 6.07) is 3.07. The van der Waals surface area contributed by atoms with Crippen molar-refractivity contribution >= 4 is 21.6 Å². The van der Waals surface area contributed by atoms with Crippen LogP contribution >= 0.6 is 0 Å². The van der Waals surface area contributed by atoms with E-state index in [1.54, 1.807) is 0 Å². The van der Waals surface area contributed by atoms with Gasteiger partial charge in [-0.3, -0.25) is 9.10 Å². The standard InChI is InChI=1S/C15H20F2N2O3S/c1-11-6-8-18(9-7-11)14(20)10-19(23(2,21)22)15-12(16)4-3-5-13(15)17/h3-5,11H,6-10H2,1-2H3. The monoisotopic (exact) mass is 346 g/mol. The van der Waals surface area contributed by atoms with Gasteiger partial charge in [-0.15, -0.1) is 0 Å². The van der Waals surface area contributed by atoms with E-state index < -0.39 is 39.8 Å². The highest BCUT2D eigenvalue weighted by Crippen LogP contribution is 2.26. The first-order valence-corrected chi connectivity index (χ1v) is 9.24. The van der Waals surface area contributed by atoms with Crippen molar-refractivity contribution in [3.8, 4) is 0 Å². The van der Waals surface area contributed by atoms with Crippen LogP contribution in [0.2, 0.25) is 0 Å². The molecule has 1 aromatic rings. The summed E-state index contributed by atoms with van der Waals surface area (Å²) in [6.07, 6.45) is 2.49. The molecule has 0 saturated carbocycles. The minimum atomic E-state index is -4.00. The predicted molar refractivity (Wildman–Crippen MR) is 83.5 cm³/mol. The Labute approximate surface area is 134 Å². The smallest absolute Gasteiger partial charge is 0.243 e. The van der Waals surface area contributed by atoms with E-state index in [2.05, 4.69) is 6.92 Å². The summed E-state index contributed by atoms with van der Waals surface area (Å²) in [5.74, 6) is -1.98. The number of likely N-dealkylation sites (tertiary alicyclic amines) is 1. The molecular weight excluding hydrogens is 326 g/mol. The van der Waals surface area contributed by atoms with Crippen LogP contribution in [0.15, 0.2) is 18.2 Å². The van der Waals surface area contributed by atoms with E-state index in [1.807, 2.05) is 0 Å². The van der Waals surface area contributed by atoms with Gasteiger partial charge in [0, 0.05) is 13.1 Å². The van der Waals surface area contributed by atoms with Crippen LogP contribution < -0.4 is 4.31 Å². The second-order valence-electron chi connectivity index (χ2n) is 5.90. The quantitative estimate of drug-likeness (QED) is 0.838. The third-order valence-corrected chi connectivity index (χ3v) is 5.11. The Kier molecular flexibility index (Phi) is 5.23. The highest BCUT2D eigenvalue weighted by atomic mass is 32.2. The Morgan fingerprint density at radius 2 is 1.78 bits per heavy atom. The molecule has 0 atom stereocenters. The number of sulfonamides is 1. The Morgan fingerprint density at radius 1 is 1.26 bits per heavy atom. The molecule has 1 fully saturated rings. The first-order valence-electron chi connectivity index (χ1n) is 7.39. The zero-order valence-electron chi connectivity index (χ0n) is 13.1. The van der Waals surface area contributed by atoms with Gasteiger partial charge in [-0.25, -0.2) is 17.2 Å². The van der Waals surface area contributed by atoms with Crippen LogP contribution in [0.4, 0.5) is 14.5 Å². The predicted octanol–water partition coefficient (Wildman–Crippen LogP) is 1.99. The minimum absolute atomic E-state index is 0.454. The summed E-state index contributed by atoms with van der Waals surface area (Å²) in [6.45, 7) is 2.53. The number of carbonyl (C=O) groups excluding carboxylic acids is 1. The fourth-order valence-electron chi connectivity index (χ4n) is 2.57. The number of anilines is 1. The molecule has 1 heterocycles. The fourth-order valence-corrected chi connectivity index (χ4v) is 3.42. The van der Waals surface area contributed by atoms with Crippen LogP contribution in [0.1, 0.15) is 19.8 Å². The summed E-state index contributed by atoms with van der Waals surface area (Å²) in [5, 5.41) is 0. The van der Waals surface area contributed by atoms with Crippen LogP contribution in [0, 0.1) is 17.6 Å². The van der Waals surface area contributed by atoms with Crippen molar-refractivity contribution in [2.75, 3.05) is 30.2 Å². The third kappa shape index (κ3) is 4.19. The molecular formula is C15H20F2N2O3S. The number of hydrogen-bond donors (Lipinski definition) is 0. The lowest BCUT2D eigenvalue weighted by atomic mass is 9.99. The van der Waals surface area contributed by atoms with E-state index in [9.17, 15) is 22.0 Å². The van der Waals surface area contributed by atoms with E-state index in [-0.39, 0.29) is 0 Å². The zero-order chi connectivity index (χ0) is 17.2. The molecule has 1 saturated heterocycles. The van der Waals surface area contributed by atoms with Gasteiger partial charge in [0.1, 0.15) is 12.2 Å². The van der Waals surface area contributed by atoms with Crippen molar-refractivity contribution < 1.29 is 22.0 Å². The molecule has 0 radical (unpaired) electrons. The van der Waals surface area contributed by atoms with E-state index in [4.69, 9.17) is 0 Å². The fraction of sp³-hybridized carbons (Fsp3) is 0.533. The number of hydrogen-bond acceptors (Lipinski definition) is 3. The van der Waals surface area contributed by atoms with Gasteiger partial charge in [-0.1, -0.05) is 13.0 Å². The lowest BCUT2D eigenvalue weighted by Crippen LogP contribution is -2.46. The van der Waals surface area contributed by atoms with Crippen molar-refractivity contribution in [1.29, 1.82) is 0 Å². The van der Waals surface area contributed by atoms with E-state index in [0.717, 1.165) is 37.3 Å². The molecule has 5 nitrogen and oxygen atoms in total. The number of piperidine rings is 1. The molecule has 1 aliphatic rings. The first kappa shape index (κ1) is 17.7. The Balaban J connectivity index is 2.26. The van der Waals surface area contributed by atoms with Crippen LogP contribution in [0.25, 0.3) is 0 Å². The molecule has 0 aliphatic carbocycles. The van der Waals surface area contributed by atoms with Gasteiger partial charge in [-0.2, -0.15) is 0 Å². The highest BCUT2D eigenvalue weighted by molar-refractivity contribution is 7.92. The topological polar surface area (TPSA) is 57.7 Å². The summed E-state index contributed by atoms with van der Waals surface area (Å²) >= 11 is 0. The number of rotatable bonds is 4. The third-order valence-electron chi connectivity index (χ3n) is 4.00. The van der Waals surface area contributed by atoms with Gasteiger partial charge >= 0.3 is 0 Å². The SMILES string of the molecule is CC1CCN(C(=O)CN(c2c(F)cccc2F)S(C)(=O)=O)CC1. The molecule has 1 amide bonds. The van der Waals surface area contributed by atoms with Gasteiger partial charge in [0.25, 0.3) is 0 Å². The second-order valence-corrected chi connectivity index (χ2v) is 7.81. The number of nitrogens with zero attached hydrogens (tertiary/aromatic N) is 2. The number of benzene rings is 1. The normalized spacial score (nSPS) is 16.4. The Morgan fingerprint density at radius 3 is 2.26 bits per heavy atom. The van der Waals surface area contributed by atoms with Gasteiger partial charge in [-0.05, 0) is 30.9 Å². The van der Waals surface area contributed by atoms with E-state index in [1.165, 1.54) is 4.90 Å². The van der Waals surface area contributed by atoms with Gasteiger partial charge in [0.15, 0.2) is 11.6 Å². The van der Waals surface area contributed by atoms with Crippen LogP contribution in [0.5, 0.6) is 0 Å². The van der Waals surface area contributed by atoms with Gasteiger partial charge in [0.05, 0.1) is 6.26 Å².